The average Bonchev–Trinajstić information content (AvgIpc) is 3.13. The van der Waals surface area contributed by atoms with Gasteiger partial charge in [0, 0.05) is 12.1 Å². The van der Waals surface area contributed by atoms with Crippen LogP contribution < -0.4 is 10.1 Å². The summed E-state index contributed by atoms with van der Waals surface area (Å²) < 4.78 is 51.9. The van der Waals surface area contributed by atoms with Crippen molar-refractivity contribution < 1.29 is 93.4 Å². The molecule has 0 saturated carbocycles. The Balaban J connectivity index is 1.40. The Morgan fingerprint density at radius 3 is 1.87 bits per heavy atom. The molecular weight excluding hydrogens is 738 g/mol. The number of hydrogen-bond acceptors (Lipinski definition) is 21. The lowest BCUT2D eigenvalue weighted by Crippen LogP contribution is -2.68. The summed E-state index contributed by atoms with van der Waals surface area (Å²) in [5.41, 5.74) is 0.191. The zero-order valence-electron chi connectivity index (χ0n) is 29.2. The normalized spacial score (nSPS) is 45.8. The number of nitrogens with zero attached hydrogens (tertiary/aromatic N) is 1. The Labute approximate surface area is 304 Å². The molecule has 0 radical (unpaired) electrons. The molecule has 23 heteroatoms. The highest BCUT2D eigenvalue weighted by Gasteiger charge is 2.53. The van der Waals surface area contributed by atoms with Crippen LogP contribution in [0.2, 0.25) is 0 Å². The van der Waals surface area contributed by atoms with Crippen LogP contribution in [0.25, 0.3) is 0 Å². The van der Waals surface area contributed by atoms with Gasteiger partial charge in [0.1, 0.15) is 79.4 Å². The molecular formula is C30H53N3O19S. The molecule has 0 bridgehead atoms. The Kier molecular flexibility index (Phi) is 15.5. The van der Waals surface area contributed by atoms with Gasteiger partial charge in [0.05, 0.1) is 49.9 Å². The second-order valence-corrected chi connectivity index (χ2v) is 15.6. The van der Waals surface area contributed by atoms with Crippen LogP contribution in [0.5, 0.6) is 0 Å². The number of hydrazone groups is 1. The molecule has 3 heterocycles. The van der Waals surface area contributed by atoms with E-state index in [9.17, 15) is 69.7 Å². The van der Waals surface area contributed by atoms with Gasteiger partial charge in [0.25, 0.3) is 0 Å². The van der Waals surface area contributed by atoms with Crippen LogP contribution in [-0.2, 0) is 33.7 Å². The van der Waals surface area contributed by atoms with E-state index < -0.39 is 146 Å². The second kappa shape index (κ2) is 18.6. The van der Waals surface area contributed by atoms with E-state index in [0.29, 0.717) is 0 Å². The highest BCUT2D eigenvalue weighted by molar-refractivity contribution is 7.89. The van der Waals surface area contributed by atoms with Gasteiger partial charge in [-0.05, 0) is 26.3 Å². The summed E-state index contributed by atoms with van der Waals surface area (Å²) in [6, 6.07) is -2.21. The lowest BCUT2D eigenvalue weighted by atomic mass is 9.86. The van der Waals surface area contributed by atoms with Crippen molar-refractivity contribution in [3.63, 3.8) is 0 Å². The molecule has 7 unspecified atom stereocenters. The van der Waals surface area contributed by atoms with Gasteiger partial charge in [-0.15, -0.1) is 0 Å². The average molecular weight is 792 g/mol. The van der Waals surface area contributed by atoms with Gasteiger partial charge in [-0.25, -0.2) is 13.2 Å². The predicted octanol–water partition coefficient (Wildman–Crippen LogP) is -7.81. The predicted molar refractivity (Wildman–Crippen MR) is 176 cm³/mol. The minimum atomic E-state index is -3.67. The van der Waals surface area contributed by atoms with Crippen molar-refractivity contribution in [3.8, 4) is 0 Å². The van der Waals surface area contributed by atoms with E-state index in [-0.39, 0.29) is 23.5 Å². The number of aliphatic hydroxyl groups is 12. The Bertz CT molecular complexity index is 1360. The van der Waals surface area contributed by atoms with E-state index in [0.717, 1.165) is 0 Å². The van der Waals surface area contributed by atoms with Crippen molar-refractivity contribution in [2.45, 2.75) is 143 Å². The molecule has 19 atom stereocenters. The second-order valence-electron chi connectivity index (χ2n) is 13.6. The van der Waals surface area contributed by atoms with E-state index in [1.807, 2.05) is 4.83 Å². The van der Waals surface area contributed by atoms with Gasteiger partial charge < -0.3 is 90.3 Å². The van der Waals surface area contributed by atoms with Crippen molar-refractivity contribution in [3.05, 3.63) is 11.6 Å². The maximum atomic E-state index is 11.7. The highest BCUT2D eigenvalue weighted by Crippen LogP contribution is 2.33. The summed E-state index contributed by atoms with van der Waals surface area (Å²) in [6.07, 6.45) is -26.2. The van der Waals surface area contributed by atoms with Crippen LogP contribution in [0.15, 0.2) is 16.8 Å². The maximum absolute atomic E-state index is 11.7. The van der Waals surface area contributed by atoms with Crippen molar-refractivity contribution in [1.82, 2.24) is 10.1 Å². The molecule has 53 heavy (non-hydrogen) atoms. The molecule has 4 rings (SSSR count). The number of ether oxygens (including phenoxy) is 5. The lowest BCUT2D eigenvalue weighted by Gasteiger charge is -2.49. The summed E-state index contributed by atoms with van der Waals surface area (Å²) in [5, 5.41) is 133. The van der Waals surface area contributed by atoms with Crippen LogP contribution in [-0.4, -0.2) is 217 Å². The van der Waals surface area contributed by atoms with E-state index >= 15 is 0 Å². The van der Waals surface area contributed by atoms with Gasteiger partial charge in [0.15, 0.2) is 12.6 Å². The zero-order chi connectivity index (χ0) is 39.5. The van der Waals surface area contributed by atoms with Crippen molar-refractivity contribution in [2.75, 3.05) is 25.6 Å². The zero-order valence-corrected chi connectivity index (χ0v) is 30.0. The van der Waals surface area contributed by atoms with E-state index in [1.165, 1.54) is 26.8 Å². The van der Waals surface area contributed by atoms with Crippen LogP contribution in [0.3, 0.4) is 0 Å². The fourth-order valence-electron chi connectivity index (χ4n) is 6.63. The largest absolute Gasteiger partial charge is 0.394 e. The molecule has 3 aliphatic heterocycles. The molecule has 3 fully saturated rings. The van der Waals surface area contributed by atoms with Gasteiger partial charge in [-0.2, -0.15) is 5.10 Å². The molecule has 0 aromatic carbocycles. The van der Waals surface area contributed by atoms with Gasteiger partial charge in [0.2, 0.25) is 10.0 Å². The summed E-state index contributed by atoms with van der Waals surface area (Å²) in [6.45, 7) is 2.07. The maximum Gasteiger partial charge on any atom is 0.247 e. The first-order chi connectivity index (χ1) is 24.9. The summed E-state index contributed by atoms with van der Waals surface area (Å²) in [7, 11) is -3.67. The third-order valence-electron chi connectivity index (χ3n) is 9.85. The summed E-state index contributed by atoms with van der Waals surface area (Å²) in [5.74, 6) is -0.235. The van der Waals surface area contributed by atoms with Gasteiger partial charge in [-0.3, -0.25) is 0 Å². The number of sulfonamides is 1. The lowest BCUT2D eigenvalue weighted by molar-refractivity contribution is -0.367. The topological polar surface area (TPSA) is 359 Å². The minimum Gasteiger partial charge on any atom is -0.394 e. The Morgan fingerprint density at radius 2 is 1.30 bits per heavy atom. The Hall–Kier alpha value is -1.56. The molecule has 0 spiro atoms. The first-order valence-corrected chi connectivity index (χ1v) is 18.8. The van der Waals surface area contributed by atoms with Crippen molar-refractivity contribution in [1.29, 1.82) is 0 Å². The first-order valence-electron chi connectivity index (χ1n) is 17.1. The van der Waals surface area contributed by atoms with Crippen LogP contribution >= 0.6 is 0 Å². The van der Waals surface area contributed by atoms with Crippen molar-refractivity contribution in [2.24, 2.45) is 5.10 Å². The molecule has 3 saturated heterocycles. The van der Waals surface area contributed by atoms with Crippen molar-refractivity contribution >= 4 is 15.7 Å². The standard InChI is InChI=1S/C30H53N3O19S/c1-4-53(46,47)33-32-10(2)5-14-20(39)23(42)27(15(8-35)49-14)52-30-26(45)24(43)28(16(9-36)50-30)51-29-25(44)21(40)17(11(3)48-29)31-13-6-12(7-34)18(37)22(41)19(13)38/h6,11,13-31,33-45H,4-5,7-9H2,1-3H3/b32-10+/t11?,13?,14?,15?,16?,17-,18-,19+,20+,21+,22+,23-,24-,25-,26-,27-,28-,29?,30?/m1/s1. The number of aliphatic hydroxyl groups excluding tert-OH is 12. The fraction of sp³-hybridized carbons (Fsp3) is 0.900. The molecule has 1 aliphatic carbocycles. The van der Waals surface area contributed by atoms with Gasteiger partial charge >= 0.3 is 0 Å². The summed E-state index contributed by atoms with van der Waals surface area (Å²) >= 11 is 0. The van der Waals surface area contributed by atoms with E-state index in [4.69, 9.17) is 23.7 Å². The first kappa shape index (κ1) is 44.2. The summed E-state index contributed by atoms with van der Waals surface area (Å²) in [4.78, 5) is 2.01. The monoisotopic (exact) mass is 791 g/mol. The number of nitrogens with one attached hydrogen (secondary N) is 2. The SMILES string of the molecule is CCS(=O)(=O)N/N=C(\C)CC1OC(CO)[C@@H](OC2OC(CO)[C@@H](OC3OC(C)[C@@H](NC4C=C(CO)[C@@H](O)[C@H](O)[C@H]4O)[C@H](O)[C@H]3O)[C@H](O)[C@H]2O)[C@H](O)[C@H]1O. The molecule has 22 nitrogen and oxygen atoms in total. The number of rotatable bonds is 14. The molecule has 14 N–H and O–H groups in total. The highest BCUT2D eigenvalue weighted by atomic mass is 32.2. The van der Waals surface area contributed by atoms with E-state index in [1.54, 1.807) is 0 Å². The number of hydrogen-bond donors (Lipinski definition) is 14. The molecule has 0 aromatic rings. The van der Waals surface area contributed by atoms with Crippen LogP contribution in [0.4, 0.5) is 0 Å². The molecule has 0 amide bonds. The molecule has 4 aliphatic rings. The Morgan fingerprint density at radius 1 is 0.755 bits per heavy atom. The van der Waals surface area contributed by atoms with E-state index in [2.05, 4.69) is 10.4 Å². The van der Waals surface area contributed by atoms with Crippen LogP contribution in [0, 0.1) is 0 Å². The van der Waals surface area contributed by atoms with Crippen LogP contribution in [0.1, 0.15) is 27.2 Å². The minimum absolute atomic E-state index is 0.0121. The van der Waals surface area contributed by atoms with Gasteiger partial charge in [-0.1, -0.05) is 6.08 Å². The third-order valence-corrected chi connectivity index (χ3v) is 11.0. The molecule has 0 aromatic heterocycles. The third kappa shape index (κ3) is 9.88. The quantitative estimate of drug-likeness (QED) is 0.0441. The smallest absolute Gasteiger partial charge is 0.247 e. The molecule has 308 valence electrons. The fourth-order valence-corrected chi connectivity index (χ4v) is 7.05.